The fourth-order valence-corrected chi connectivity index (χ4v) is 2.96. The van der Waals surface area contributed by atoms with E-state index in [2.05, 4.69) is 10.4 Å². The summed E-state index contributed by atoms with van der Waals surface area (Å²) in [6, 6.07) is 7.95. The Morgan fingerprint density at radius 1 is 1.33 bits per heavy atom. The van der Waals surface area contributed by atoms with Gasteiger partial charge in [-0.2, -0.15) is 5.10 Å². The van der Waals surface area contributed by atoms with Crippen LogP contribution in [-0.2, 0) is 0 Å². The predicted molar refractivity (Wildman–Crippen MR) is 95.5 cm³/mol. The Bertz CT molecular complexity index is 717. The van der Waals surface area contributed by atoms with Crippen LogP contribution < -0.4 is 5.32 Å². The lowest BCUT2D eigenvalue weighted by atomic mass is 9.87. The van der Waals surface area contributed by atoms with Gasteiger partial charge in [0.25, 0.3) is 5.91 Å². The van der Waals surface area contributed by atoms with Crippen LogP contribution in [0.2, 0.25) is 0 Å². The predicted octanol–water partition coefficient (Wildman–Crippen LogP) is 3.02. The van der Waals surface area contributed by atoms with Crippen LogP contribution in [-0.4, -0.2) is 33.4 Å². The van der Waals surface area contributed by atoms with Crippen molar-refractivity contribution in [2.75, 3.05) is 6.54 Å². The van der Waals surface area contributed by atoms with E-state index in [0.717, 1.165) is 16.9 Å². The molecular formula is C19H27N3O2. The summed E-state index contributed by atoms with van der Waals surface area (Å²) in [4.78, 5) is 12.5. The van der Waals surface area contributed by atoms with Crippen molar-refractivity contribution in [2.45, 2.75) is 47.1 Å². The first-order chi connectivity index (χ1) is 11.2. The molecule has 1 aromatic carbocycles. The second-order valence-electron chi connectivity index (χ2n) is 7.24. The van der Waals surface area contributed by atoms with Crippen LogP contribution in [0.3, 0.4) is 0 Å². The van der Waals surface area contributed by atoms with Crippen LogP contribution in [0.5, 0.6) is 0 Å². The number of carbonyl (C=O) groups excluding carboxylic acids is 1. The summed E-state index contributed by atoms with van der Waals surface area (Å²) >= 11 is 0. The summed E-state index contributed by atoms with van der Waals surface area (Å²) in [5, 5.41) is 16.9. The molecule has 24 heavy (non-hydrogen) atoms. The molecule has 0 aliphatic carbocycles. The lowest BCUT2D eigenvalue weighted by Crippen LogP contribution is -2.35. The maximum atomic E-state index is 12.5. The number of aromatic nitrogens is 2. The van der Waals surface area contributed by atoms with Crippen molar-refractivity contribution < 1.29 is 9.90 Å². The minimum atomic E-state index is -0.387. The monoisotopic (exact) mass is 329 g/mol. The summed E-state index contributed by atoms with van der Waals surface area (Å²) in [6.07, 6.45) is 1.86. The molecule has 0 fully saturated rings. The first-order valence-corrected chi connectivity index (χ1v) is 8.28. The Morgan fingerprint density at radius 3 is 2.62 bits per heavy atom. The molecule has 0 aliphatic rings. The van der Waals surface area contributed by atoms with Gasteiger partial charge in [0.15, 0.2) is 0 Å². The molecule has 1 amide bonds. The second kappa shape index (κ2) is 7.18. The van der Waals surface area contributed by atoms with Crippen molar-refractivity contribution in [2.24, 2.45) is 5.41 Å². The molecule has 1 aromatic heterocycles. The van der Waals surface area contributed by atoms with E-state index in [0.29, 0.717) is 18.5 Å². The number of amides is 1. The van der Waals surface area contributed by atoms with Gasteiger partial charge < -0.3 is 10.4 Å². The molecule has 2 rings (SSSR count). The standard InChI is InChI=1S/C19H27N3O2/c1-13-8-6-7-9-17(13)22-15(3)16(11-21-22)18(24)20-12-19(4,5)10-14(2)23/h6-9,11,14,23H,10,12H2,1-5H3,(H,20,24). The highest BCUT2D eigenvalue weighted by molar-refractivity contribution is 5.95. The minimum Gasteiger partial charge on any atom is -0.393 e. The number of nitrogens with one attached hydrogen (secondary N) is 1. The maximum Gasteiger partial charge on any atom is 0.254 e. The number of hydrogen-bond donors (Lipinski definition) is 2. The molecule has 2 N–H and O–H groups in total. The number of aryl methyl sites for hydroxylation is 1. The Kier molecular flexibility index (Phi) is 5.44. The largest absolute Gasteiger partial charge is 0.393 e. The molecule has 1 atom stereocenters. The van der Waals surface area contributed by atoms with Gasteiger partial charge in [-0.05, 0) is 44.2 Å². The number of rotatable bonds is 6. The summed E-state index contributed by atoms with van der Waals surface area (Å²) in [5.41, 5.74) is 3.31. The van der Waals surface area contributed by atoms with E-state index in [1.165, 1.54) is 0 Å². The average Bonchev–Trinajstić information content (AvgIpc) is 2.86. The van der Waals surface area contributed by atoms with E-state index in [4.69, 9.17) is 0 Å². The van der Waals surface area contributed by atoms with Crippen LogP contribution in [0.1, 0.15) is 48.8 Å². The van der Waals surface area contributed by atoms with E-state index in [-0.39, 0.29) is 17.4 Å². The lowest BCUT2D eigenvalue weighted by molar-refractivity contribution is 0.0901. The molecule has 0 saturated carbocycles. The molecule has 2 aromatic rings. The average molecular weight is 329 g/mol. The molecule has 0 bridgehead atoms. The van der Waals surface area contributed by atoms with Gasteiger partial charge in [-0.15, -0.1) is 0 Å². The summed E-state index contributed by atoms with van der Waals surface area (Å²) in [6.45, 7) is 10.3. The van der Waals surface area contributed by atoms with Crippen LogP contribution in [0, 0.1) is 19.3 Å². The molecule has 0 radical (unpaired) electrons. The van der Waals surface area contributed by atoms with Crippen molar-refractivity contribution in [3.63, 3.8) is 0 Å². The fourth-order valence-electron chi connectivity index (χ4n) is 2.96. The molecule has 1 heterocycles. The van der Waals surface area contributed by atoms with Gasteiger partial charge in [0, 0.05) is 6.54 Å². The van der Waals surface area contributed by atoms with Crippen LogP contribution in [0.15, 0.2) is 30.5 Å². The number of benzene rings is 1. The smallest absolute Gasteiger partial charge is 0.254 e. The van der Waals surface area contributed by atoms with Crippen LogP contribution in [0.25, 0.3) is 5.69 Å². The van der Waals surface area contributed by atoms with Gasteiger partial charge in [-0.1, -0.05) is 32.0 Å². The Balaban J connectivity index is 2.14. The van der Waals surface area contributed by atoms with E-state index in [1.54, 1.807) is 17.8 Å². The van der Waals surface area contributed by atoms with Gasteiger partial charge in [0.1, 0.15) is 0 Å². The third kappa shape index (κ3) is 4.23. The molecule has 5 heteroatoms. The van der Waals surface area contributed by atoms with Crippen molar-refractivity contribution >= 4 is 5.91 Å². The molecule has 5 nitrogen and oxygen atoms in total. The number of carbonyl (C=O) groups is 1. The zero-order valence-corrected chi connectivity index (χ0v) is 15.1. The number of nitrogens with zero attached hydrogens (tertiary/aromatic N) is 2. The Hall–Kier alpha value is -2.14. The lowest BCUT2D eigenvalue weighted by Gasteiger charge is -2.26. The highest BCUT2D eigenvalue weighted by Crippen LogP contribution is 2.22. The SMILES string of the molecule is Cc1ccccc1-n1ncc(C(=O)NCC(C)(C)CC(C)O)c1C. The Morgan fingerprint density at radius 2 is 2.00 bits per heavy atom. The highest BCUT2D eigenvalue weighted by atomic mass is 16.3. The zero-order valence-electron chi connectivity index (χ0n) is 15.1. The highest BCUT2D eigenvalue weighted by Gasteiger charge is 2.23. The summed E-state index contributed by atoms with van der Waals surface area (Å²) in [7, 11) is 0. The van der Waals surface area contributed by atoms with Gasteiger partial charge in [0.05, 0.1) is 29.2 Å². The molecule has 0 saturated heterocycles. The molecule has 0 aliphatic heterocycles. The van der Waals surface area contributed by atoms with Gasteiger partial charge >= 0.3 is 0 Å². The number of hydrogen-bond acceptors (Lipinski definition) is 3. The summed E-state index contributed by atoms with van der Waals surface area (Å²) in [5.74, 6) is -0.133. The maximum absolute atomic E-state index is 12.5. The van der Waals surface area contributed by atoms with Crippen molar-refractivity contribution in [1.29, 1.82) is 0 Å². The minimum absolute atomic E-state index is 0.133. The van der Waals surface area contributed by atoms with E-state index < -0.39 is 0 Å². The molecular weight excluding hydrogens is 302 g/mol. The third-order valence-electron chi connectivity index (χ3n) is 4.17. The normalized spacial score (nSPS) is 12.9. The Labute approximate surface area is 143 Å². The van der Waals surface area contributed by atoms with Crippen molar-refractivity contribution in [3.8, 4) is 5.69 Å². The number of aliphatic hydroxyl groups is 1. The number of aliphatic hydroxyl groups excluding tert-OH is 1. The van der Waals surface area contributed by atoms with Crippen molar-refractivity contribution in [3.05, 3.63) is 47.3 Å². The van der Waals surface area contributed by atoms with Crippen LogP contribution >= 0.6 is 0 Å². The van der Waals surface area contributed by atoms with Gasteiger partial charge in [-0.3, -0.25) is 4.79 Å². The topological polar surface area (TPSA) is 67.2 Å². The molecule has 130 valence electrons. The first-order valence-electron chi connectivity index (χ1n) is 8.28. The molecule has 1 unspecified atom stereocenters. The quantitative estimate of drug-likeness (QED) is 0.856. The number of para-hydroxylation sites is 1. The zero-order chi connectivity index (χ0) is 17.9. The third-order valence-corrected chi connectivity index (χ3v) is 4.17. The summed E-state index contributed by atoms with van der Waals surface area (Å²) < 4.78 is 1.80. The first kappa shape index (κ1) is 18.2. The fraction of sp³-hybridized carbons (Fsp3) is 0.474. The van der Waals surface area contributed by atoms with Gasteiger partial charge in [-0.25, -0.2) is 4.68 Å². The van der Waals surface area contributed by atoms with Crippen LogP contribution in [0.4, 0.5) is 0 Å². The molecule has 0 spiro atoms. The van der Waals surface area contributed by atoms with E-state index in [9.17, 15) is 9.90 Å². The van der Waals surface area contributed by atoms with E-state index >= 15 is 0 Å². The van der Waals surface area contributed by atoms with E-state index in [1.807, 2.05) is 52.0 Å². The second-order valence-corrected chi connectivity index (χ2v) is 7.24. The van der Waals surface area contributed by atoms with Gasteiger partial charge in [0.2, 0.25) is 0 Å². The van der Waals surface area contributed by atoms with Crippen molar-refractivity contribution in [1.82, 2.24) is 15.1 Å².